The predicted molar refractivity (Wildman–Crippen MR) is 110 cm³/mol. The molecule has 3 heterocycles. The van der Waals surface area contributed by atoms with Gasteiger partial charge in [0.25, 0.3) is 0 Å². The molecule has 0 bridgehead atoms. The van der Waals surface area contributed by atoms with Crippen LogP contribution in [0.1, 0.15) is 11.3 Å². The molecule has 28 heavy (non-hydrogen) atoms. The van der Waals surface area contributed by atoms with Gasteiger partial charge in [0.1, 0.15) is 0 Å². The lowest BCUT2D eigenvalue weighted by Crippen LogP contribution is -1.90. The number of hydrogen-bond donors (Lipinski definition) is 1. The number of imidazole rings is 1. The lowest BCUT2D eigenvalue weighted by atomic mass is 10.0. The molecule has 0 unspecified atom stereocenters. The first kappa shape index (κ1) is 16.5. The SMILES string of the molecule is Cn1cnc(-c2ccc3n[nH]c(Cc4ccc(-c5cnn(C)c5)cc4)c3c2)c1. The van der Waals surface area contributed by atoms with Crippen molar-refractivity contribution in [3.63, 3.8) is 0 Å². The molecule has 6 heteroatoms. The summed E-state index contributed by atoms with van der Waals surface area (Å²) >= 11 is 0. The average molecular weight is 368 g/mol. The lowest BCUT2D eigenvalue weighted by Gasteiger charge is -2.03. The largest absolute Gasteiger partial charge is 0.340 e. The third kappa shape index (κ3) is 2.99. The monoisotopic (exact) mass is 368 g/mol. The maximum atomic E-state index is 4.46. The predicted octanol–water partition coefficient (Wildman–Crippen LogP) is 3.95. The Balaban J connectivity index is 1.44. The van der Waals surface area contributed by atoms with Crippen LogP contribution in [-0.4, -0.2) is 29.5 Å². The molecule has 0 atom stereocenters. The standard InChI is InChI=1S/C22H20N6/c1-27-13-22(23-14-27)17-7-8-20-19(10-17)21(26-25-20)9-15-3-5-16(6-4-15)18-11-24-28(2)12-18/h3-8,10-14H,9H2,1-2H3,(H,25,26). The summed E-state index contributed by atoms with van der Waals surface area (Å²) in [4.78, 5) is 4.46. The summed E-state index contributed by atoms with van der Waals surface area (Å²) in [6.07, 6.45) is 8.56. The van der Waals surface area contributed by atoms with E-state index in [1.54, 1.807) is 0 Å². The molecule has 5 aromatic rings. The summed E-state index contributed by atoms with van der Waals surface area (Å²) in [6.45, 7) is 0. The summed E-state index contributed by atoms with van der Waals surface area (Å²) in [5, 5.41) is 13.0. The molecule has 0 aliphatic heterocycles. The quantitative estimate of drug-likeness (QED) is 0.522. The van der Waals surface area contributed by atoms with Crippen LogP contribution in [0.3, 0.4) is 0 Å². The van der Waals surface area contributed by atoms with E-state index in [-0.39, 0.29) is 0 Å². The number of aromatic amines is 1. The minimum atomic E-state index is 0.801. The third-order valence-electron chi connectivity index (χ3n) is 5.01. The topological polar surface area (TPSA) is 64.3 Å². The van der Waals surface area contributed by atoms with Gasteiger partial charge in [0.05, 0.1) is 23.7 Å². The Hall–Kier alpha value is -3.67. The number of aromatic nitrogens is 6. The van der Waals surface area contributed by atoms with E-state index < -0.39 is 0 Å². The maximum Gasteiger partial charge on any atom is 0.0951 e. The van der Waals surface area contributed by atoms with Gasteiger partial charge in [0.15, 0.2) is 0 Å². The fraction of sp³-hybridized carbons (Fsp3) is 0.136. The van der Waals surface area contributed by atoms with Gasteiger partial charge >= 0.3 is 0 Å². The lowest BCUT2D eigenvalue weighted by molar-refractivity contribution is 0.768. The zero-order valence-electron chi connectivity index (χ0n) is 15.8. The molecule has 5 rings (SSSR count). The van der Waals surface area contributed by atoms with Gasteiger partial charge < -0.3 is 4.57 Å². The van der Waals surface area contributed by atoms with Crippen LogP contribution in [0.15, 0.2) is 67.4 Å². The van der Waals surface area contributed by atoms with Crippen molar-refractivity contribution in [1.82, 2.24) is 29.5 Å². The Bertz CT molecular complexity index is 1260. The number of hydrogen-bond acceptors (Lipinski definition) is 3. The summed E-state index contributed by atoms with van der Waals surface area (Å²) in [5.41, 5.74) is 7.69. The summed E-state index contributed by atoms with van der Waals surface area (Å²) in [6, 6.07) is 14.9. The molecule has 2 aromatic carbocycles. The van der Waals surface area contributed by atoms with Crippen molar-refractivity contribution in [3.8, 4) is 22.4 Å². The highest BCUT2D eigenvalue weighted by molar-refractivity contribution is 5.86. The molecule has 0 spiro atoms. The van der Waals surface area contributed by atoms with Crippen LogP contribution < -0.4 is 0 Å². The molecule has 0 fully saturated rings. The highest BCUT2D eigenvalue weighted by atomic mass is 15.2. The van der Waals surface area contributed by atoms with Crippen LogP contribution in [0.25, 0.3) is 33.3 Å². The molecule has 0 aliphatic rings. The van der Waals surface area contributed by atoms with Crippen LogP contribution in [0, 0.1) is 0 Å². The van der Waals surface area contributed by atoms with Gasteiger partial charge in [-0.05, 0) is 23.3 Å². The zero-order chi connectivity index (χ0) is 19.1. The molecule has 6 nitrogen and oxygen atoms in total. The van der Waals surface area contributed by atoms with Gasteiger partial charge in [-0.15, -0.1) is 0 Å². The number of nitrogens with one attached hydrogen (secondary N) is 1. The normalized spacial score (nSPS) is 11.4. The summed E-state index contributed by atoms with van der Waals surface area (Å²) in [5.74, 6) is 0. The van der Waals surface area contributed by atoms with E-state index in [4.69, 9.17) is 0 Å². The number of fused-ring (bicyclic) bond motifs is 1. The van der Waals surface area contributed by atoms with Crippen molar-refractivity contribution in [3.05, 3.63) is 78.6 Å². The Morgan fingerprint density at radius 2 is 1.75 bits per heavy atom. The van der Waals surface area contributed by atoms with E-state index in [0.717, 1.165) is 39.8 Å². The van der Waals surface area contributed by atoms with Crippen LogP contribution in [0.4, 0.5) is 0 Å². The van der Waals surface area contributed by atoms with E-state index in [9.17, 15) is 0 Å². The van der Waals surface area contributed by atoms with Crippen molar-refractivity contribution in [2.45, 2.75) is 6.42 Å². The van der Waals surface area contributed by atoms with E-state index in [0.29, 0.717) is 0 Å². The van der Waals surface area contributed by atoms with E-state index in [1.807, 2.05) is 54.3 Å². The zero-order valence-corrected chi connectivity index (χ0v) is 15.8. The Labute approximate surface area is 162 Å². The summed E-state index contributed by atoms with van der Waals surface area (Å²) < 4.78 is 3.78. The Morgan fingerprint density at radius 1 is 0.929 bits per heavy atom. The fourth-order valence-electron chi connectivity index (χ4n) is 3.51. The van der Waals surface area contributed by atoms with Gasteiger partial charge in [-0.25, -0.2) is 4.98 Å². The Morgan fingerprint density at radius 3 is 2.46 bits per heavy atom. The maximum absolute atomic E-state index is 4.46. The smallest absolute Gasteiger partial charge is 0.0951 e. The van der Waals surface area contributed by atoms with Crippen molar-refractivity contribution >= 4 is 10.9 Å². The highest BCUT2D eigenvalue weighted by Crippen LogP contribution is 2.26. The number of aryl methyl sites for hydroxylation is 2. The van der Waals surface area contributed by atoms with E-state index in [1.165, 1.54) is 11.1 Å². The van der Waals surface area contributed by atoms with Crippen molar-refractivity contribution in [2.24, 2.45) is 14.1 Å². The molecule has 0 amide bonds. The van der Waals surface area contributed by atoms with Crippen LogP contribution >= 0.6 is 0 Å². The van der Waals surface area contributed by atoms with E-state index in [2.05, 4.69) is 56.7 Å². The first-order valence-electron chi connectivity index (χ1n) is 9.19. The first-order chi connectivity index (χ1) is 13.7. The fourth-order valence-corrected chi connectivity index (χ4v) is 3.51. The molecular weight excluding hydrogens is 348 g/mol. The third-order valence-corrected chi connectivity index (χ3v) is 5.01. The van der Waals surface area contributed by atoms with Crippen molar-refractivity contribution < 1.29 is 0 Å². The molecular formula is C22H20N6. The van der Waals surface area contributed by atoms with Crippen molar-refractivity contribution in [1.29, 1.82) is 0 Å². The van der Waals surface area contributed by atoms with Gasteiger partial charge in [-0.3, -0.25) is 9.78 Å². The molecule has 0 radical (unpaired) electrons. The van der Waals surface area contributed by atoms with Gasteiger partial charge in [-0.1, -0.05) is 30.3 Å². The number of nitrogens with zero attached hydrogens (tertiary/aromatic N) is 5. The number of rotatable bonds is 4. The van der Waals surface area contributed by atoms with Crippen LogP contribution in [-0.2, 0) is 20.5 Å². The number of benzene rings is 2. The summed E-state index contributed by atoms with van der Waals surface area (Å²) in [7, 11) is 3.91. The minimum Gasteiger partial charge on any atom is -0.340 e. The van der Waals surface area contributed by atoms with Gasteiger partial charge in [0, 0.05) is 55.1 Å². The molecule has 0 saturated carbocycles. The van der Waals surface area contributed by atoms with Crippen molar-refractivity contribution in [2.75, 3.05) is 0 Å². The average Bonchev–Trinajstić information content (AvgIpc) is 3.43. The van der Waals surface area contributed by atoms with Crippen LogP contribution in [0.2, 0.25) is 0 Å². The van der Waals surface area contributed by atoms with Crippen LogP contribution in [0.5, 0.6) is 0 Å². The second kappa shape index (κ2) is 6.49. The minimum absolute atomic E-state index is 0.801. The molecule has 138 valence electrons. The number of H-pyrrole nitrogens is 1. The second-order valence-electron chi connectivity index (χ2n) is 7.13. The molecule has 1 N–H and O–H groups in total. The van der Waals surface area contributed by atoms with Gasteiger partial charge in [-0.2, -0.15) is 10.2 Å². The Kier molecular flexibility index (Phi) is 3.83. The molecule has 0 aliphatic carbocycles. The second-order valence-corrected chi connectivity index (χ2v) is 7.13. The highest BCUT2D eigenvalue weighted by Gasteiger charge is 2.10. The van der Waals surface area contributed by atoms with Gasteiger partial charge in [0.2, 0.25) is 0 Å². The first-order valence-corrected chi connectivity index (χ1v) is 9.19. The van der Waals surface area contributed by atoms with E-state index >= 15 is 0 Å². The molecule has 3 aromatic heterocycles. The molecule has 0 saturated heterocycles.